The third-order valence-corrected chi connectivity index (χ3v) is 18.4. The highest BCUT2D eigenvalue weighted by atomic mass is 31.3. The number of carbonyl (C=O) groups is 1. The lowest BCUT2D eigenvalue weighted by Crippen LogP contribution is -2.46. The monoisotopic (exact) mass is 1190 g/mol. The number of H-pyrrole nitrogens is 2. The number of rotatable bonds is 22. The van der Waals surface area contributed by atoms with Crippen molar-refractivity contribution in [2.24, 2.45) is 13.0 Å². The first kappa shape index (κ1) is 58.9. The van der Waals surface area contributed by atoms with Crippen molar-refractivity contribution in [3.05, 3.63) is 62.4 Å². The van der Waals surface area contributed by atoms with E-state index < -0.39 is 153 Å². The minimum Gasteiger partial charge on any atom is -0.449 e. The van der Waals surface area contributed by atoms with Crippen LogP contribution >= 0.6 is 31.1 Å². The number of nitrogens with two attached hydrogens (primary N) is 2. The number of phosphoric ester groups is 2. The molecule has 4 unspecified atom stereocenters. The van der Waals surface area contributed by atoms with Crippen LogP contribution in [-0.4, -0.2) is 173 Å². The van der Waals surface area contributed by atoms with Gasteiger partial charge in [0.05, 0.1) is 45.2 Å². The molecule has 5 aromatic heterocycles. The van der Waals surface area contributed by atoms with E-state index in [0.717, 1.165) is 36.6 Å². The molecule has 0 aromatic carbocycles. The van der Waals surface area contributed by atoms with Gasteiger partial charge in [-0.25, -0.2) is 42.8 Å². The smallest absolute Gasteiger partial charge is 0.449 e. The number of aromatic nitrogens is 10. The van der Waals surface area contributed by atoms with Crippen molar-refractivity contribution in [2.75, 3.05) is 51.5 Å². The minimum absolute atomic E-state index is 0.0210. The van der Waals surface area contributed by atoms with Gasteiger partial charge in [0.15, 0.2) is 30.2 Å². The maximum absolute atomic E-state index is 14.3. The molecule has 14 N–H and O–H groups in total. The second-order valence-electron chi connectivity index (χ2n) is 17.4. The van der Waals surface area contributed by atoms with Gasteiger partial charge in [-0.15, -0.1) is 0 Å². The number of alkyl carbamates (subject to hydrolysis) is 1. The lowest BCUT2D eigenvalue weighted by atomic mass is 9.99. The summed E-state index contributed by atoms with van der Waals surface area (Å²) in [5.74, 6) is -1.73. The Morgan fingerprint density at radius 3 is 2.17 bits per heavy atom. The number of hydrogen-bond donors (Lipinski definition) is 12. The average molecular weight is 1190 g/mol. The summed E-state index contributed by atoms with van der Waals surface area (Å²) in [6.07, 6.45) is -12.8. The van der Waals surface area contributed by atoms with E-state index >= 15 is 0 Å². The van der Waals surface area contributed by atoms with Gasteiger partial charge in [-0.05, 0) is 6.42 Å². The van der Waals surface area contributed by atoms with E-state index in [9.17, 15) is 72.3 Å². The van der Waals surface area contributed by atoms with Crippen molar-refractivity contribution in [3.8, 4) is 0 Å². The van der Waals surface area contributed by atoms with Gasteiger partial charge in [-0.1, -0.05) is 11.9 Å². The van der Waals surface area contributed by atoms with E-state index in [4.69, 9.17) is 48.7 Å². The Balaban J connectivity index is 0.965. The van der Waals surface area contributed by atoms with Crippen LogP contribution in [0.1, 0.15) is 32.0 Å². The zero-order chi connectivity index (χ0) is 56.8. The summed E-state index contributed by atoms with van der Waals surface area (Å²) < 4.78 is 111. The molecule has 0 saturated carbocycles. The zero-order valence-electron chi connectivity index (χ0n) is 40.6. The van der Waals surface area contributed by atoms with Crippen molar-refractivity contribution in [1.29, 1.82) is 0 Å². The minimum atomic E-state index is -6.27. The predicted molar refractivity (Wildman–Crippen MR) is 254 cm³/mol. The number of methoxy groups -OCH3 is 1. The molecular weight excluding hydrogens is 1140 g/mol. The number of aryl methyl sites for hydroxylation is 1. The van der Waals surface area contributed by atoms with E-state index in [1.807, 2.05) is 4.98 Å². The third-order valence-electron chi connectivity index (χ3n) is 12.2. The molecule has 1 amide bonds. The maximum atomic E-state index is 14.3. The summed E-state index contributed by atoms with van der Waals surface area (Å²) in [5, 5.41) is 35.4. The number of nitrogens with zero attached hydrogens (tertiary/aromatic N) is 8. The van der Waals surface area contributed by atoms with Crippen LogP contribution in [0.5, 0.6) is 0 Å². The van der Waals surface area contributed by atoms with E-state index in [-0.39, 0.29) is 40.6 Å². The van der Waals surface area contributed by atoms with Crippen LogP contribution in [0, 0.1) is 5.92 Å². The van der Waals surface area contributed by atoms with E-state index in [0.29, 0.717) is 6.42 Å². The number of anilines is 2. The van der Waals surface area contributed by atoms with Crippen LogP contribution in [0.3, 0.4) is 0 Å². The summed E-state index contributed by atoms with van der Waals surface area (Å²) in [5.41, 5.74) is 7.08. The largest absolute Gasteiger partial charge is 0.490 e. The van der Waals surface area contributed by atoms with Crippen molar-refractivity contribution < 1.29 is 108 Å². The molecule has 16 atom stereocenters. The van der Waals surface area contributed by atoms with Crippen LogP contribution in [0.2, 0.25) is 0 Å². The molecule has 78 heavy (non-hydrogen) atoms. The number of nitrogens with one attached hydrogen (secondary N) is 3. The third kappa shape index (κ3) is 12.5. The molecule has 0 spiro atoms. The van der Waals surface area contributed by atoms with Crippen LogP contribution < -0.4 is 38.2 Å². The lowest BCUT2D eigenvalue weighted by molar-refractivity contribution is -0.745. The van der Waals surface area contributed by atoms with Gasteiger partial charge in [-0.2, -0.15) is 8.62 Å². The number of amides is 1. The molecule has 430 valence electrons. The first-order valence-electron chi connectivity index (χ1n) is 22.8. The van der Waals surface area contributed by atoms with E-state index in [1.54, 1.807) is 6.92 Å². The number of aliphatic hydroxyl groups excluding tert-OH is 3. The molecule has 3 fully saturated rings. The molecular formula is C36H52N13O25P4+. The number of aromatic amines is 2. The molecule has 8 rings (SSSR count). The van der Waals surface area contributed by atoms with Crippen LogP contribution in [0.15, 0.2) is 45.6 Å². The Hall–Kier alpha value is -5.27. The normalized spacial score (nSPS) is 29.5. The van der Waals surface area contributed by atoms with Gasteiger partial charge in [0.2, 0.25) is 11.7 Å². The van der Waals surface area contributed by atoms with Crippen molar-refractivity contribution in [1.82, 2.24) is 48.9 Å². The quantitative estimate of drug-likeness (QED) is 0.0237. The fourth-order valence-electron chi connectivity index (χ4n) is 8.73. The summed E-state index contributed by atoms with van der Waals surface area (Å²) in [6, 6.07) is 0.920. The molecule has 0 aliphatic carbocycles. The van der Waals surface area contributed by atoms with Gasteiger partial charge >= 0.3 is 48.5 Å². The summed E-state index contributed by atoms with van der Waals surface area (Å²) in [6.45, 7) is -2.09. The highest BCUT2D eigenvalue weighted by molar-refractivity contribution is 7.66. The predicted octanol–water partition coefficient (Wildman–Crippen LogP) is -3.42. The Morgan fingerprint density at radius 1 is 0.833 bits per heavy atom. The average Bonchev–Trinajstić information content (AvgIpc) is 4.26. The fraction of sp³-hybridized carbons (Fsp3) is 0.583. The fourth-order valence-corrected chi connectivity index (χ4v) is 14.0. The molecule has 38 nitrogen and oxygen atoms in total. The van der Waals surface area contributed by atoms with Crippen molar-refractivity contribution in [2.45, 2.75) is 80.4 Å². The first-order chi connectivity index (χ1) is 36.6. The number of fused-ring (bicyclic) bond motifs is 2. The van der Waals surface area contributed by atoms with Crippen molar-refractivity contribution >= 4 is 71.3 Å². The number of hydrogen-bond acceptors (Lipinski definition) is 27. The second-order valence-corrected chi connectivity index (χ2v) is 24.0. The number of nitrogen functional groups attached to an aromatic ring is 2. The van der Waals surface area contributed by atoms with Crippen LogP contribution in [0.25, 0.3) is 22.3 Å². The Labute approximate surface area is 435 Å². The summed E-state index contributed by atoms with van der Waals surface area (Å²) >= 11 is 0. The molecule has 42 heteroatoms. The van der Waals surface area contributed by atoms with Gasteiger partial charge in [0.1, 0.15) is 60.7 Å². The molecule has 3 aliphatic heterocycles. The highest BCUT2D eigenvalue weighted by Crippen LogP contribution is 2.68. The molecule has 0 radical (unpaired) electrons. The number of aliphatic hydroxyl groups is 3. The van der Waals surface area contributed by atoms with Gasteiger partial charge in [0.25, 0.3) is 17.1 Å². The van der Waals surface area contributed by atoms with Gasteiger partial charge < -0.3 is 79.9 Å². The summed E-state index contributed by atoms with van der Waals surface area (Å²) in [7, 11) is -21.0. The Morgan fingerprint density at radius 2 is 1.50 bits per heavy atom. The topological polar surface area (TPSA) is 536 Å². The Kier molecular flexibility index (Phi) is 17.4. The highest BCUT2D eigenvalue weighted by Gasteiger charge is 2.58. The SMILES string of the molecule is CCCNC(=O)OC[C@H]1[C@@H](O)[C@H]([n+]2cn(C)c3c(=O)[nH]c(N)nc32)O[C@@H]1COP(=O)(O)OP(=O)(O)OP(=O)(O)OC[C@H]1O[C@@H](n2cnc3c(N)ncnc32)[C@H](OC)[C@@H]1P(=O)(O)OC[C@H]1O[C@@H](n2ccc(=O)[nH]c2=O)[C@H](O)[C@@H]1O. The molecule has 0 bridgehead atoms. The number of imidazole rings is 2. The Bertz CT molecular complexity index is 3410. The van der Waals surface area contributed by atoms with Crippen LogP contribution in [-0.2, 0) is 71.2 Å². The van der Waals surface area contributed by atoms with Gasteiger partial charge in [0, 0.05) is 25.9 Å². The second kappa shape index (κ2) is 23.1. The molecule has 5 aromatic rings. The zero-order valence-corrected chi connectivity index (χ0v) is 44.1. The van der Waals surface area contributed by atoms with Crippen LogP contribution in [0.4, 0.5) is 16.6 Å². The molecule has 8 heterocycles. The number of phosphoric acid groups is 3. The van der Waals surface area contributed by atoms with Crippen molar-refractivity contribution in [3.63, 3.8) is 0 Å². The van der Waals surface area contributed by atoms with Gasteiger partial charge in [-0.3, -0.25) is 46.9 Å². The molecule has 3 aliphatic rings. The first-order valence-corrected chi connectivity index (χ1v) is 28.9. The van der Waals surface area contributed by atoms with E-state index in [1.165, 1.54) is 27.1 Å². The van der Waals surface area contributed by atoms with E-state index in [2.05, 4.69) is 38.9 Å². The molecule has 3 saturated heterocycles. The number of carbonyl (C=O) groups excluding carboxylic acids is 1. The lowest BCUT2D eigenvalue weighted by Gasteiger charge is -2.28. The summed E-state index contributed by atoms with van der Waals surface area (Å²) in [4.78, 5) is 113. The number of ether oxygens (including phenoxy) is 5. The standard InChI is InChI=1S/C36H51N13O25P4/c1-4-6-39-36(56)66-8-15-16(70-31(22(15)51)49-14-46(2)21-29(49)44-34(38)45-30(21)54)9-68-76(59,60)73-78(63,64)74-77(61,62)69-11-18-26(25(65-3)33(72-18)48-13-42-20-27(37)40-12-41-28(20)48)75(57,58)67-10-17-23(52)24(53)32(71-17)47-7-5-19(50)43-35(47)55/h5,7,12-18,22-26,31-33,51-53H,4,6,8-11H2,1-3H3,(H10-,37,38,39,40,41,43,44,45,50,54,55,56,57,58,59,60,61,62,63,64)/p+1/t15-,16-,17-,18-,22-,23-,24-,25-,26-,31-,32-,33-/m1/s1. The maximum Gasteiger partial charge on any atom is 0.490 e.